The molecule has 0 saturated heterocycles. The van der Waals surface area contributed by atoms with Crippen LogP contribution in [0.15, 0.2) is 95.4 Å². The van der Waals surface area contributed by atoms with Crippen molar-refractivity contribution in [3.8, 4) is 22.3 Å². The zero-order chi connectivity index (χ0) is 23.9. The summed E-state index contributed by atoms with van der Waals surface area (Å²) in [5, 5.41) is 12.6. The average Bonchev–Trinajstić information content (AvgIpc) is 3.21. The Morgan fingerprint density at radius 3 is 2.09 bits per heavy atom. The highest BCUT2D eigenvalue weighted by atomic mass is 16.5. The van der Waals surface area contributed by atoms with Crippen LogP contribution in [0.3, 0.4) is 0 Å². The minimum atomic E-state index is -0.946. The molecule has 1 aromatic heterocycles. The van der Waals surface area contributed by atoms with E-state index in [9.17, 15) is 5.11 Å². The maximum atomic E-state index is 10.4. The normalized spacial score (nSPS) is 12.4. The highest BCUT2D eigenvalue weighted by Crippen LogP contribution is 2.37. The minimum absolute atomic E-state index is 0.410. The van der Waals surface area contributed by atoms with Gasteiger partial charge in [0.15, 0.2) is 0 Å². The number of aliphatic hydroxyl groups is 1. The fourth-order valence-corrected chi connectivity index (χ4v) is 4.12. The summed E-state index contributed by atoms with van der Waals surface area (Å²) in [6.07, 6.45) is 0. The van der Waals surface area contributed by atoms with E-state index >= 15 is 0 Å². The van der Waals surface area contributed by atoms with E-state index in [0.29, 0.717) is 7.48 Å². The van der Waals surface area contributed by atoms with E-state index in [2.05, 4.69) is 60.7 Å². The van der Waals surface area contributed by atoms with Crippen molar-refractivity contribution in [2.75, 3.05) is 0 Å². The molecule has 0 unspecified atom stereocenters. The summed E-state index contributed by atoms with van der Waals surface area (Å²) in [7, 11) is 0.410. The van der Waals surface area contributed by atoms with Gasteiger partial charge in [0, 0.05) is 10.8 Å². The van der Waals surface area contributed by atoms with Gasteiger partial charge in [0.05, 0.1) is 11.2 Å². The molecule has 0 amide bonds. The van der Waals surface area contributed by atoms with Gasteiger partial charge < -0.3 is 14.2 Å². The molecule has 5 rings (SSSR count). The topological polar surface area (TPSA) is 42.6 Å². The summed E-state index contributed by atoms with van der Waals surface area (Å²) in [4.78, 5) is 0. The van der Waals surface area contributed by atoms with Gasteiger partial charge in [-0.3, -0.25) is 0 Å². The Bertz CT molecular complexity index is 1440. The van der Waals surface area contributed by atoms with Gasteiger partial charge in [0.1, 0.15) is 11.2 Å². The predicted octanol–water partition coefficient (Wildman–Crippen LogP) is 6.46. The van der Waals surface area contributed by atoms with Crippen LogP contribution < -0.4 is 5.46 Å². The second-order valence-electron chi connectivity index (χ2n) is 9.91. The quantitative estimate of drug-likeness (QED) is 0.303. The molecule has 1 N–H and O–H groups in total. The Kier molecular flexibility index (Phi) is 5.59. The zero-order valence-electron chi connectivity index (χ0n) is 20.1. The molecule has 3 nitrogen and oxygen atoms in total. The average molecular weight is 448 g/mol. The van der Waals surface area contributed by atoms with Crippen LogP contribution in [0.25, 0.3) is 44.2 Å². The molecule has 4 aromatic carbocycles. The lowest BCUT2D eigenvalue weighted by molar-refractivity contribution is -0.0893. The summed E-state index contributed by atoms with van der Waals surface area (Å²) in [6, 6.07) is 31.5. The first-order valence-corrected chi connectivity index (χ1v) is 11.7. The van der Waals surface area contributed by atoms with E-state index in [0.717, 1.165) is 38.5 Å². The third-order valence-corrected chi connectivity index (χ3v) is 6.94. The molecule has 0 fully saturated rings. The first-order valence-electron chi connectivity index (χ1n) is 11.7. The van der Waals surface area contributed by atoms with Gasteiger partial charge in [-0.05, 0) is 62.1 Å². The van der Waals surface area contributed by atoms with Gasteiger partial charge in [-0.1, -0.05) is 84.3 Å². The number of benzene rings is 4. The molecule has 0 atom stereocenters. The summed E-state index contributed by atoms with van der Waals surface area (Å²) >= 11 is 0. The Morgan fingerprint density at radius 1 is 0.706 bits per heavy atom. The Hall–Kier alpha value is -3.34. The minimum Gasteiger partial charge on any atom is -0.456 e. The molecule has 34 heavy (non-hydrogen) atoms. The third-order valence-electron chi connectivity index (χ3n) is 6.94. The van der Waals surface area contributed by atoms with Gasteiger partial charge in [-0.25, -0.2) is 0 Å². The summed E-state index contributed by atoms with van der Waals surface area (Å²) in [6.45, 7) is 7.37. The molecule has 0 spiro atoms. The lowest BCUT2D eigenvalue weighted by Gasteiger charge is -2.37. The number of furan rings is 1. The Morgan fingerprint density at radius 2 is 1.38 bits per heavy atom. The van der Waals surface area contributed by atoms with Crippen molar-refractivity contribution >= 4 is 34.9 Å². The van der Waals surface area contributed by atoms with Gasteiger partial charge in [-0.2, -0.15) is 0 Å². The maximum absolute atomic E-state index is 10.4. The van der Waals surface area contributed by atoms with Gasteiger partial charge in [0.2, 0.25) is 0 Å². The van der Waals surface area contributed by atoms with Crippen molar-refractivity contribution in [3.05, 3.63) is 91.0 Å². The molecule has 0 aliphatic rings. The van der Waals surface area contributed by atoms with Crippen molar-refractivity contribution in [3.63, 3.8) is 0 Å². The second-order valence-corrected chi connectivity index (χ2v) is 9.91. The van der Waals surface area contributed by atoms with Gasteiger partial charge in [0.25, 0.3) is 0 Å². The molecule has 1 heterocycles. The van der Waals surface area contributed by atoms with Crippen LogP contribution in [0.2, 0.25) is 0 Å². The lowest BCUT2D eigenvalue weighted by atomic mass is 9.82. The van der Waals surface area contributed by atoms with Crippen LogP contribution in [-0.2, 0) is 4.65 Å². The van der Waals surface area contributed by atoms with Crippen LogP contribution >= 0.6 is 0 Å². The van der Waals surface area contributed by atoms with Crippen molar-refractivity contribution in [1.29, 1.82) is 0 Å². The molecular formula is C30H29BO3. The third kappa shape index (κ3) is 4.15. The molecular weight excluding hydrogens is 419 g/mol. The Balaban J connectivity index is 1.53. The lowest BCUT2D eigenvalue weighted by Crippen LogP contribution is -2.49. The number of hydrogen-bond donors (Lipinski definition) is 1. The van der Waals surface area contributed by atoms with E-state index in [4.69, 9.17) is 9.07 Å². The molecule has 5 aromatic rings. The molecule has 0 aliphatic carbocycles. The first kappa shape index (κ1) is 22.5. The number of rotatable bonds is 6. The molecule has 0 bridgehead atoms. The molecule has 170 valence electrons. The Labute approximate surface area is 201 Å². The van der Waals surface area contributed by atoms with E-state index in [1.165, 1.54) is 11.1 Å². The number of fused-ring (bicyclic) bond motifs is 3. The summed E-state index contributed by atoms with van der Waals surface area (Å²) in [5.41, 5.74) is 5.85. The van der Waals surface area contributed by atoms with E-state index in [1.54, 1.807) is 13.8 Å². The van der Waals surface area contributed by atoms with Crippen LogP contribution in [0, 0.1) is 0 Å². The van der Waals surface area contributed by atoms with Gasteiger partial charge >= 0.3 is 7.48 Å². The fraction of sp³-hybridized carbons (Fsp3) is 0.200. The zero-order valence-corrected chi connectivity index (χ0v) is 20.1. The molecule has 0 radical (unpaired) electrons. The number of hydrogen-bond acceptors (Lipinski definition) is 3. The van der Waals surface area contributed by atoms with E-state index < -0.39 is 11.2 Å². The highest BCUT2D eigenvalue weighted by molar-refractivity contribution is 6.47. The highest BCUT2D eigenvalue weighted by Gasteiger charge is 2.35. The van der Waals surface area contributed by atoms with Crippen LogP contribution in [-0.4, -0.2) is 23.8 Å². The second kappa shape index (κ2) is 8.46. The predicted molar refractivity (Wildman–Crippen MR) is 143 cm³/mol. The van der Waals surface area contributed by atoms with Crippen molar-refractivity contribution < 1.29 is 14.2 Å². The van der Waals surface area contributed by atoms with Crippen molar-refractivity contribution in [2.24, 2.45) is 0 Å². The first-order chi connectivity index (χ1) is 16.2. The SMILES string of the molecule is CC(C)(O)C(C)(C)OBc1ccc2oc3cccc(-c4ccc(-c5ccccc5)cc4)c3c2c1. The van der Waals surface area contributed by atoms with Crippen LogP contribution in [0.4, 0.5) is 0 Å². The standard InChI is InChI=1S/C30H29BO3/c1-29(2,32)30(3,4)34-31-23-17-18-26-25(19-23)28-24(11-8-12-27(28)33-26)22-15-13-21(14-16-22)20-9-6-5-7-10-20/h5-19,31-32H,1-4H3. The molecule has 0 saturated carbocycles. The fourth-order valence-electron chi connectivity index (χ4n) is 4.12. The van der Waals surface area contributed by atoms with Crippen molar-refractivity contribution in [1.82, 2.24) is 0 Å². The van der Waals surface area contributed by atoms with Gasteiger partial charge in [-0.15, -0.1) is 0 Å². The smallest absolute Gasteiger partial charge is 0.309 e. The molecule has 0 aliphatic heterocycles. The van der Waals surface area contributed by atoms with Crippen molar-refractivity contribution in [2.45, 2.75) is 38.9 Å². The van der Waals surface area contributed by atoms with Crippen LogP contribution in [0.1, 0.15) is 27.7 Å². The maximum Gasteiger partial charge on any atom is 0.309 e. The summed E-state index contributed by atoms with van der Waals surface area (Å²) in [5.74, 6) is 0. The monoisotopic (exact) mass is 448 g/mol. The molecule has 4 heteroatoms. The van der Waals surface area contributed by atoms with E-state index in [-0.39, 0.29) is 0 Å². The van der Waals surface area contributed by atoms with E-state index in [1.807, 2.05) is 44.2 Å². The summed E-state index contributed by atoms with van der Waals surface area (Å²) < 4.78 is 12.3. The largest absolute Gasteiger partial charge is 0.456 e. The van der Waals surface area contributed by atoms with Crippen LogP contribution in [0.5, 0.6) is 0 Å².